The predicted octanol–water partition coefficient (Wildman–Crippen LogP) is 4.17. The fourth-order valence-corrected chi connectivity index (χ4v) is 2.57. The molecule has 1 aromatic heterocycles. The second kappa shape index (κ2) is 4.67. The van der Waals surface area contributed by atoms with Gasteiger partial charge in [-0.25, -0.2) is 4.98 Å². The van der Waals surface area contributed by atoms with Crippen LogP contribution in [-0.2, 0) is 0 Å². The molecule has 0 spiro atoms. The van der Waals surface area contributed by atoms with Crippen LogP contribution in [0, 0.1) is 6.92 Å². The molecule has 3 rings (SSSR count). The fourth-order valence-electron chi connectivity index (χ4n) is 2.57. The van der Waals surface area contributed by atoms with E-state index in [1.165, 1.54) is 5.56 Å². The van der Waals surface area contributed by atoms with Gasteiger partial charge in [0.25, 0.3) is 0 Å². The minimum atomic E-state index is 0.332. The maximum absolute atomic E-state index is 6.06. The monoisotopic (exact) mass is 265 g/mol. The molecular formula is C17H19N3. The molecule has 0 unspecified atom stereocenters. The van der Waals surface area contributed by atoms with Gasteiger partial charge in [0.15, 0.2) is 0 Å². The van der Waals surface area contributed by atoms with Gasteiger partial charge in [0.1, 0.15) is 11.3 Å². The zero-order valence-corrected chi connectivity index (χ0v) is 12.1. The summed E-state index contributed by atoms with van der Waals surface area (Å²) in [6, 6.07) is 14.8. The molecule has 0 fully saturated rings. The number of hydrogen-bond acceptors (Lipinski definition) is 2. The largest absolute Gasteiger partial charge is 0.397 e. The number of nitrogens with two attached hydrogens (primary N) is 1. The first-order valence-electron chi connectivity index (χ1n) is 6.91. The van der Waals surface area contributed by atoms with E-state index in [-0.39, 0.29) is 0 Å². The Labute approximate surface area is 119 Å². The maximum Gasteiger partial charge on any atom is 0.141 e. The van der Waals surface area contributed by atoms with Crippen molar-refractivity contribution in [2.75, 3.05) is 5.73 Å². The van der Waals surface area contributed by atoms with Crippen molar-refractivity contribution in [1.29, 1.82) is 0 Å². The smallest absolute Gasteiger partial charge is 0.141 e. The summed E-state index contributed by atoms with van der Waals surface area (Å²) in [7, 11) is 0. The lowest BCUT2D eigenvalue weighted by molar-refractivity contribution is 0.624. The molecule has 2 aromatic carbocycles. The third-order valence-electron chi connectivity index (χ3n) is 3.58. The molecule has 0 amide bonds. The second-order valence-electron chi connectivity index (χ2n) is 5.48. The highest BCUT2D eigenvalue weighted by Crippen LogP contribution is 2.30. The Morgan fingerprint density at radius 3 is 2.40 bits per heavy atom. The lowest BCUT2D eigenvalue weighted by Gasteiger charge is -2.13. The molecule has 0 bridgehead atoms. The summed E-state index contributed by atoms with van der Waals surface area (Å²) in [5.74, 6) is 0.980. The second-order valence-corrected chi connectivity index (χ2v) is 5.48. The molecule has 20 heavy (non-hydrogen) atoms. The van der Waals surface area contributed by atoms with E-state index >= 15 is 0 Å². The van der Waals surface area contributed by atoms with Gasteiger partial charge in [-0.3, -0.25) is 0 Å². The predicted molar refractivity (Wildman–Crippen MR) is 84.7 cm³/mol. The van der Waals surface area contributed by atoms with Crippen LogP contribution >= 0.6 is 0 Å². The van der Waals surface area contributed by atoms with Gasteiger partial charge < -0.3 is 10.3 Å². The summed E-state index contributed by atoms with van der Waals surface area (Å²) in [6.45, 7) is 6.43. The first-order valence-corrected chi connectivity index (χ1v) is 6.91. The molecule has 0 aliphatic carbocycles. The van der Waals surface area contributed by atoms with Crippen molar-refractivity contribution < 1.29 is 0 Å². The van der Waals surface area contributed by atoms with Crippen molar-refractivity contribution in [3.8, 4) is 11.4 Å². The molecule has 1 heterocycles. The highest BCUT2D eigenvalue weighted by atomic mass is 15.1. The van der Waals surface area contributed by atoms with E-state index in [0.717, 1.165) is 28.1 Å². The standard InChI is InChI=1S/C17H19N3/c1-11(2)20-15-6-4-5-14(18)16(15)19-17(20)13-9-7-12(3)8-10-13/h4-11H,18H2,1-3H3. The number of rotatable bonds is 2. The van der Waals surface area contributed by atoms with Gasteiger partial charge in [0.05, 0.1) is 11.2 Å². The number of nitrogens with zero attached hydrogens (tertiary/aromatic N) is 2. The van der Waals surface area contributed by atoms with Crippen molar-refractivity contribution in [3.63, 3.8) is 0 Å². The Kier molecular flexibility index (Phi) is 2.97. The third-order valence-corrected chi connectivity index (χ3v) is 3.58. The van der Waals surface area contributed by atoms with Crippen LogP contribution in [0.3, 0.4) is 0 Å². The number of nitrogen functional groups attached to an aromatic ring is 1. The van der Waals surface area contributed by atoms with Gasteiger partial charge >= 0.3 is 0 Å². The van der Waals surface area contributed by atoms with Gasteiger partial charge in [-0.15, -0.1) is 0 Å². The summed E-state index contributed by atoms with van der Waals surface area (Å²) < 4.78 is 2.25. The number of imidazole rings is 1. The lowest BCUT2D eigenvalue weighted by Crippen LogP contribution is -2.03. The van der Waals surface area contributed by atoms with Crippen LogP contribution in [0.15, 0.2) is 42.5 Å². The Bertz CT molecular complexity index is 752. The van der Waals surface area contributed by atoms with E-state index in [4.69, 9.17) is 10.7 Å². The van der Waals surface area contributed by atoms with E-state index in [2.05, 4.69) is 55.7 Å². The van der Waals surface area contributed by atoms with Crippen LogP contribution in [-0.4, -0.2) is 9.55 Å². The highest BCUT2D eigenvalue weighted by molar-refractivity contribution is 5.90. The number of hydrogen-bond donors (Lipinski definition) is 1. The SMILES string of the molecule is Cc1ccc(-c2nc3c(N)cccc3n2C(C)C)cc1. The first kappa shape index (κ1) is 12.7. The Balaban J connectivity index is 2.32. The summed E-state index contributed by atoms with van der Waals surface area (Å²) in [6.07, 6.45) is 0. The van der Waals surface area contributed by atoms with Crippen molar-refractivity contribution in [1.82, 2.24) is 9.55 Å². The molecule has 3 aromatic rings. The maximum atomic E-state index is 6.06. The molecule has 3 heteroatoms. The Morgan fingerprint density at radius 2 is 1.75 bits per heavy atom. The topological polar surface area (TPSA) is 43.8 Å². The zero-order valence-electron chi connectivity index (χ0n) is 12.1. The van der Waals surface area contributed by atoms with Crippen LogP contribution in [0.1, 0.15) is 25.5 Å². The van der Waals surface area contributed by atoms with Crippen LogP contribution in [0.4, 0.5) is 5.69 Å². The van der Waals surface area contributed by atoms with Crippen LogP contribution in [0.2, 0.25) is 0 Å². The van der Waals surface area contributed by atoms with E-state index in [1.807, 2.05) is 12.1 Å². The Hall–Kier alpha value is -2.29. The molecule has 0 aliphatic heterocycles. The van der Waals surface area contributed by atoms with Gasteiger partial charge in [-0.2, -0.15) is 0 Å². The summed E-state index contributed by atoms with van der Waals surface area (Å²) in [4.78, 5) is 4.77. The molecule has 0 radical (unpaired) electrons. The van der Waals surface area contributed by atoms with E-state index in [0.29, 0.717) is 6.04 Å². The molecule has 2 N–H and O–H groups in total. The molecule has 102 valence electrons. The van der Waals surface area contributed by atoms with Gasteiger partial charge in [0, 0.05) is 11.6 Å². The number of aromatic nitrogens is 2. The summed E-state index contributed by atoms with van der Waals surface area (Å²) in [5.41, 5.74) is 11.2. The zero-order chi connectivity index (χ0) is 14.3. The van der Waals surface area contributed by atoms with Gasteiger partial charge in [-0.1, -0.05) is 35.9 Å². The minimum absolute atomic E-state index is 0.332. The number of anilines is 1. The molecule has 3 nitrogen and oxygen atoms in total. The summed E-state index contributed by atoms with van der Waals surface area (Å²) in [5, 5.41) is 0. The highest BCUT2D eigenvalue weighted by Gasteiger charge is 2.15. The van der Waals surface area contributed by atoms with Crippen molar-refractivity contribution in [2.24, 2.45) is 0 Å². The molecular weight excluding hydrogens is 246 g/mol. The van der Waals surface area contributed by atoms with Gasteiger partial charge in [-0.05, 0) is 32.9 Å². The van der Waals surface area contributed by atoms with Crippen LogP contribution in [0.25, 0.3) is 22.4 Å². The first-order chi connectivity index (χ1) is 9.58. The molecule has 0 saturated carbocycles. The van der Waals surface area contributed by atoms with Gasteiger partial charge in [0.2, 0.25) is 0 Å². The number of aryl methyl sites for hydroxylation is 1. The average Bonchev–Trinajstić information content (AvgIpc) is 2.80. The summed E-state index contributed by atoms with van der Waals surface area (Å²) >= 11 is 0. The Morgan fingerprint density at radius 1 is 1.05 bits per heavy atom. The number of para-hydroxylation sites is 1. The van der Waals surface area contributed by atoms with Crippen LogP contribution in [0.5, 0.6) is 0 Å². The average molecular weight is 265 g/mol. The number of fused-ring (bicyclic) bond motifs is 1. The van der Waals surface area contributed by atoms with E-state index < -0.39 is 0 Å². The fraction of sp³-hybridized carbons (Fsp3) is 0.235. The quantitative estimate of drug-likeness (QED) is 0.706. The normalized spacial score (nSPS) is 11.4. The molecule has 0 aliphatic rings. The lowest BCUT2D eigenvalue weighted by atomic mass is 10.1. The van der Waals surface area contributed by atoms with Crippen LogP contribution < -0.4 is 5.73 Å². The molecule has 0 atom stereocenters. The van der Waals surface area contributed by atoms with E-state index in [9.17, 15) is 0 Å². The third kappa shape index (κ3) is 1.95. The van der Waals surface area contributed by atoms with E-state index in [1.54, 1.807) is 0 Å². The van der Waals surface area contributed by atoms with Crippen molar-refractivity contribution >= 4 is 16.7 Å². The van der Waals surface area contributed by atoms with Crippen molar-refractivity contribution in [3.05, 3.63) is 48.0 Å². The minimum Gasteiger partial charge on any atom is -0.397 e. The van der Waals surface area contributed by atoms with Crippen molar-refractivity contribution in [2.45, 2.75) is 26.8 Å². The number of benzene rings is 2. The molecule has 0 saturated heterocycles.